The molecule has 0 atom stereocenters. The number of nitrogens with two attached hydrogens (primary N) is 1. The monoisotopic (exact) mass is 208 g/mol. The maximum Gasteiger partial charge on any atom is 0.292 e. The van der Waals surface area contributed by atoms with Gasteiger partial charge in [0.05, 0.1) is 0 Å². The summed E-state index contributed by atoms with van der Waals surface area (Å²) in [6.45, 7) is 5.07. The number of hydrogen-bond acceptors (Lipinski definition) is 3. The third kappa shape index (κ3) is 3.25. The molecule has 1 aromatic rings. The Hall–Kier alpha value is -1.55. The summed E-state index contributed by atoms with van der Waals surface area (Å²) in [6, 6.07) is 3.45. The van der Waals surface area contributed by atoms with Gasteiger partial charge in [-0.2, -0.15) is 0 Å². The van der Waals surface area contributed by atoms with E-state index in [1.54, 1.807) is 29.0 Å². The molecule has 4 nitrogen and oxygen atoms in total. The first-order valence-corrected chi connectivity index (χ1v) is 4.93. The first-order chi connectivity index (χ1) is 7.29. The molecule has 2 N–H and O–H groups in total. The van der Waals surface area contributed by atoms with Gasteiger partial charge in [-0.3, -0.25) is 4.79 Å². The van der Waals surface area contributed by atoms with E-state index in [1.807, 2.05) is 0 Å². The van der Waals surface area contributed by atoms with Gasteiger partial charge >= 0.3 is 0 Å². The topological polar surface area (TPSA) is 57.2 Å². The average Bonchev–Trinajstić information content (AvgIpc) is 2.26. The number of aryl methyl sites for hydroxylation is 1. The maximum atomic E-state index is 11.7. The standard InChI is InChI=1S/C11H16N2O2/c1-2-9-15-10-5-3-7-13(11(10)14)8-4-6-12/h2-3,5,7H,1,4,6,8-9,12H2. The Bertz CT molecular complexity index is 371. The lowest BCUT2D eigenvalue weighted by Crippen LogP contribution is -2.22. The lowest BCUT2D eigenvalue weighted by Gasteiger charge is -2.07. The lowest BCUT2D eigenvalue weighted by atomic mass is 10.4. The first-order valence-electron chi connectivity index (χ1n) is 4.93. The van der Waals surface area contributed by atoms with Crippen LogP contribution in [0.3, 0.4) is 0 Å². The van der Waals surface area contributed by atoms with E-state index in [4.69, 9.17) is 10.5 Å². The molecule has 0 unspecified atom stereocenters. The molecule has 1 aromatic heterocycles. The van der Waals surface area contributed by atoms with Crippen molar-refractivity contribution in [3.63, 3.8) is 0 Å². The molecule has 0 spiro atoms. The molecule has 0 saturated carbocycles. The van der Waals surface area contributed by atoms with Crippen molar-refractivity contribution in [2.24, 2.45) is 5.73 Å². The summed E-state index contributed by atoms with van der Waals surface area (Å²) >= 11 is 0. The van der Waals surface area contributed by atoms with E-state index in [0.29, 0.717) is 25.4 Å². The van der Waals surface area contributed by atoms with E-state index in [2.05, 4.69) is 6.58 Å². The van der Waals surface area contributed by atoms with Gasteiger partial charge in [0.2, 0.25) is 0 Å². The van der Waals surface area contributed by atoms with E-state index in [1.165, 1.54) is 0 Å². The summed E-state index contributed by atoms with van der Waals surface area (Å²) in [6.07, 6.45) is 4.13. The molecule has 82 valence electrons. The highest BCUT2D eigenvalue weighted by molar-refractivity contribution is 5.17. The molecule has 0 aliphatic carbocycles. The minimum Gasteiger partial charge on any atom is -0.484 e. The number of nitrogens with zero attached hydrogens (tertiary/aromatic N) is 1. The SMILES string of the molecule is C=CCOc1cccn(CCCN)c1=O. The molecule has 0 amide bonds. The average molecular weight is 208 g/mol. The fourth-order valence-electron chi connectivity index (χ4n) is 1.21. The van der Waals surface area contributed by atoms with E-state index in [9.17, 15) is 4.79 Å². The third-order valence-corrected chi connectivity index (χ3v) is 1.95. The summed E-state index contributed by atoms with van der Waals surface area (Å²) < 4.78 is 6.83. The van der Waals surface area contributed by atoms with Crippen molar-refractivity contribution in [3.05, 3.63) is 41.3 Å². The van der Waals surface area contributed by atoms with Crippen molar-refractivity contribution < 1.29 is 4.74 Å². The molecular weight excluding hydrogens is 192 g/mol. The van der Waals surface area contributed by atoms with Crippen LogP contribution in [0.25, 0.3) is 0 Å². The molecule has 1 rings (SSSR count). The summed E-state index contributed by atoms with van der Waals surface area (Å²) in [5, 5.41) is 0. The minimum absolute atomic E-state index is 0.118. The fraction of sp³-hybridized carbons (Fsp3) is 0.364. The quantitative estimate of drug-likeness (QED) is 0.702. The molecule has 0 aliphatic rings. The van der Waals surface area contributed by atoms with Crippen LogP contribution in [-0.4, -0.2) is 17.7 Å². The molecule has 0 radical (unpaired) electrons. The number of pyridine rings is 1. The second-order valence-electron chi connectivity index (χ2n) is 3.11. The van der Waals surface area contributed by atoms with Gasteiger partial charge in [0.25, 0.3) is 5.56 Å². The molecule has 4 heteroatoms. The van der Waals surface area contributed by atoms with Crippen LogP contribution < -0.4 is 16.0 Å². The van der Waals surface area contributed by atoms with Gasteiger partial charge in [-0.25, -0.2) is 0 Å². The van der Waals surface area contributed by atoms with E-state index in [0.717, 1.165) is 6.42 Å². The fourth-order valence-corrected chi connectivity index (χ4v) is 1.21. The van der Waals surface area contributed by atoms with Gasteiger partial charge in [0.15, 0.2) is 5.75 Å². The summed E-state index contributed by atoms with van der Waals surface area (Å²) in [5.74, 6) is 0.356. The van der Waals surface area contributed by atoms with Crippen LogP contribution in [0, 0.1) is 0 Å². The van der Waals surface area contributed by atoms with Crippen LogP contribution >= 0.6 is 0 Å². The van der Waals surface area contributed by atoms with Crippen LogP contribution in [-0.2, 0) is 6.54 Å². The van der Waals surface area contributed by atoms with Crippen molar-refractivity contribution >= 4 is 0 Å². The molecule has 0 fully saturated rings. The highest BCUT2D eigenvalue weighted by Crippen LogP contribution is 2.02. The Morgan fingerprint density at radius 1 is 1.60 bits per heavy atom. The summed E-state index contributed by atoms with van der Waals surface area (Å²) in [7, 11) is 0. The maximum absolute atomic E-state index is 11.7. The van der Waals surface area contributed by atoms with E-state index in [-0.39, 0.29) is 5.56 Å². The Morgan fingerprint density at radius 3 is 3.07 bits per heavy atom. The zero-order valence-corrected chi connectivity index (χ0v) is 8.69. The molecule has 0 aliphatic heterocycles. The third-order valence-electron chi connectivity index (χ3n) is 1.95. The van der Waals surface area contributed by atoms with E-state index >= 15 is 0 Å². The lowest BCUT2D eigenvalue weighted by molar-refractivity contribution is 0.353. The summed E-state index contributed by atoms with van der Waals surface area (Å²) in [5.41, 5.74) is 5.27. The van der Waals surface area contributed by atoms with Crippen molar-refractivity contribution in [2.75, 3.05) is 13.2 Å². The van der Waals surface area contributed by atoms with Gasteiger partial charge in [0, 0.05) is 12.7 Å². The van der Waals surface area contributed by atoms with Crippen LogP contribution in [0.15, 0.2) is 35.8 Å². The molecule has 1 heterocycles. The normalized spacial score (nSPS) is 9.93. The molecule has 15 heavy (non-hydrogen) atoms. The number of rotatable bonds is 6. The van der Waals surface area contributed by atoms with Crippen LogP contribution in [0.2, 0.25) is 0 Å². The zero-order chi connectivity index (χ0) is 11.1. The number of aromatic nitrogens is 1. The van der Waals surface area contributed by atoms with Crippen molar-refractivity contribution in [1.82, 2.24) is 4.57 Å². The second kappa shape index (κ2) is 6.03. The molecule has 0 bridgehead atoms. The van der Waals surface area contributed by atoms with Gasteiger partial charge < -0.3 is 15.0 Å². The molecule has 0 aromatic carbocycles. The Morgan fingerprint density at radius 2 is 2.40 bits per heavy atom. The highest BCUT2D eigenvalue weighted by Gasteiger charge is 2.02. The minimum atomic E-state index is -0.118. The summed E-state index contributed by atoms with van der Waals surface area (Å²) in [4.78, 5) is 11.7. The van der Waals surface area contributed by atoms with Crippen LogP contribution in [0.5, 0.6) is 5.75 Å². The zero-order valence-electron chi connectivity index (χ0n) is 8.69. The van der Waals surface area contributed by atoms with Gasteiger partial charge in [-0.1, -0.05) is 12.7 Å². The van der Waals surface area contributed by atoms with Crippen molar-refractivity contribution in [1.29, 1.82) is 0 Å². The molecule has 0 saturated heterocycles. The largest absolute Gasteiger partial charge is 0.484 e. The number of hydrogen-bond donors (Lipinski definition) is 1. The van der Waals surface area contributed by atoms with Gasteiger partial charge in [-0.15, -0.1) is 0 Å². The predicted octanol–water partition coefficient (Wildman–Crippen LogP) is 0.762. The Kier molecular flexibility index (Phi) is 4.63. The predicted molar refractivity (Wildman–Crippen MR) is 60.1 cm³/mol. The molecular formula is C11H16N2O2. The van der Waals surface area contributed by atoms with Crippen molar-refractivity contribution in [2.45, 2.75) is 13.0 Å². The second-order valence-corrected chi connectivity index (χ2v) is 3.11. The van der Waals surface area contributed by atoms with Crippen LogP contribution in [0.4, 0.5) is 0 Å². The first kappa shape index (κ1) is 11.5. The highest BCUT2D eigenvalue weighted by atomic mass is 16.5. The van der Waals surface area contributed by atoms with Crippen LogP contribution in [0.1, 0.15) is 6.42 Å². The van der Waals surface area contributed by atoms with Crippen molar-refractivity contribution in [3.8, 4) is 5.75 Å². The van der Waals surface area contributed by atoms with E-state index < -0.39 is 0 Å². The van der Waals surface area contributed by atoms with Gasteiger partial charge in [0.1, 0.15) is 6.61 Å². The number of ether oxygens (including phenoxy) is 1. The van der Waals surface area contributed by atoms with Gasteiger partial charge in [-0.05, 0) is 25.1 Å². The smallest absolute Gasteiger partial charge is 0.292 e. The Labute approximate surface area is 89.0 Å². The Balaban J connectivity index is 2.80.